The molecule has 2 amide bonds. The molecule has 0 saturated heterocycles. The first-order chi connectivity index (χ1) is 13.2. The Labute approximate surface area is 166 Å². The van der Waals surface area contributed by atoms with E-state index >= 15 is 0 Å². The maximum atomic E-state index is 12.2. The van der Waals surface area contributed by atoms with Gasteiger partial charge < -0.3 is 21.5 Å². The first-order valence-corrected chi connectivity index (χ1v) is 9.39. The normalized spacial score (nSPS) is 12.2. The quantitative estimate of drug-likeness (QED) is 0.619. The maximum Gasteiger partial charge on any atom is 0.405 e. The van der Waals surface area contributed by atoms with Gasteiger partial charge in [0.25, 0.3) is 0 Å². The van der Waals surface area contributed by atoms with Gasteiger partial charge in [0.15, 0.2) is 0 Å². The van der Waals surface area contributed by atoms with Crippen molar-refractivity contribution in [2.45, 2.75) is 51.3 Å². The number of primary amides is 1. The van der Waals surface area contributed by atoms with Crippen molar-refractivity contribution in [3.63, 3.8) is 0 Å². The zero-order valence-corrected chi connectivity index (χ0v) is 16.5. The van der Waals surface area contributed by atoms with E-state index in [0.717, 1.165) is 23.1 Å². The minimum absolute atomic E-state index is 0.168. The summed E-state index contributed by atoms with van der Waals surface area (Å²) in [5.41, 5.74) is 13.6. The Balaban J connectivity index is 1.79. The van der Waals surface area contributed by atoms with Gasteiger partial charge in [-0.15, -0.1) is 0 Å². The molecule has 28 heavy (non-hydrogen) atoms. The molecule has 2 rings (SSSR count). The van der Waals surface area contributed by atoms with Gasteiger partial charge in [0, 0.05) is 6.54 Å². The number of carbonyl (C=O) groups excluding carboxylic acids is 2. The van der Waals surface area contributed by atoms with Gasteiger partial charge in [-0.2, -0.15) is 0 Å². The average Bonchev–Trinajstić information content (AvgIpc) is 2.65. The number of amides is 2. The van der Waals surface area contributed by atoms with Crippen LogP contribution in [-0.2, 0) is 28.9 Å². The van der Waals surface area contributed by atoms with E-state index in [1.165, 1.54) is 0 Å². The standard InChI is InChI=1S/C22H29N3O3/c1-22(2,28-21(24)27)13-12-16-8-10-18(11-9-16)15-25-20(26)19(23)14-17-6-4-3-5-7-17/h3-11,19H,12-15,23H2,1-2H3,(H2,24,27)(H,25,26). The number of rotatable bonds is 9. The van der Waals surface area contributed by atoms with Crippen LogP contribution in [0.3, 0.4) is 0 Å². The van der Waals surface area contributed by atoms with Crippen molar-refractivity contribution in [1.82, 2.24) is 5.32 Å². The van der Waals surface area contributed by atoms with Crippen molar-refractivity contribution in [2.75, 3.05) is 0 Å². The van der Waals surface area contributed by atoms with E-state index in [1.54, 1.807) is 0 Å². The molecule has 2 aromatic rings. The van der Waals surface area contributed by atoms with Crippen LogP contribution in [0.2, 0.25) is 0 Å². The van der Waals surface area contributed by atoms with Gasteiger partial charge in [-0.3, -0.25) is 4.79 Å². The Kier molecular flexibility index (Phi) is 7.58. The van der Waals surface area contributed by atoms with Crippen LogP contribution in [0.15, 0.2) is 54.6 Å². The second kappa shape index (κ2) is 9.90. The number of nitrogens with two attached hydrogens (primary N) is 2. The molecule has 0 radical (unpaired) electrons. The first-order valence-electron chi connectivity index (χ1n) is 9.39. The Bertz CT molecular complexity index is 773. The second-order valence-electron chi connectivity index (χ2n) is 7.51. The molecule has 0 saturated carbocycles. The number of ether oxygens (including phenoxy) is 1. The van der Waals surface area contributed by atoms with Crippen LogP contribution in [0.25, 0.3) is 0 Å². The van der Waals surface area contributed by atoms with E-state index in [9.17, 15) is 9.59 Å². The largest absolute Gasteiger partial charge is 0.444 e. The van der Waals surface area contributed by atoms with Crippen LogP contribution >= 0.6 is 0 Å². The van der Waals surface area contributed by atoms with Crippen LogP contribution < -0.4 is 16.8 Å². The number of hydrogen-bond acceptors (Lipinski definition) is 4. The lowest BCUT2D eigenvalue weighted by molar-refractivity contribution is -0.122. The summed E-state index contributed by atoms with van der Waals surface area (Å²) in [6, 6.07) is 17.1. The summed E-state index contributed by atoms with van der Waals surface area (Å²) >= 11 is 0. The van der Waals surface area contributed by atoms with Crippen LogP contribution in [0, 0.1) is 0 Å². The smallest absolute Gasteiger partial charge is 0.405 e. The SMILES string of the molecule is CC(C)(CCc1ccc(CNC(=O)C(N)Cc2ccccc2)cc1)OC(N)=O. The summed E-state index contributed by atoms with van der Waals surface area (Å²) in [7, 11) is 0. The van der Waals surface area contributed by atoms with Crippen molar-refractivity contribution < 1.29 is 14.3 Å². The number of carbonyl (C=O) groups is 2. The zero-order valence-electron chi connectivity index (χ0n) is 16.5. The molecule has 2 aromatic carbocycles. The Hall–Kier alpha value is -2.86. The molecule has 6 nitrogen and oxygen atoms in total. The molecule has 0 aromatic heterocycles. The molecule has 0 bridgehead atoms. The summed E-state index contributed by atoms with van der Waals surface area (Å²) in [5, 5.41) is 2.88. The number of nitrogens with one attached hydrogen (secondary N) is 1. The van der Waals surface area contributed by atoms with Crippen LogP contribution in [0.5, 0.6) is 0 Å². The van der Waals surface area contributed by atoms with Gasteiger partial charge in [0.05, 0.1) is 6.04 Å². The summed E-state index contributed by atoms with van der Waals surface area (Å²) in [6.45, 7) is 4.10. The van der Waals surface area contributed by atoms with E-state index in [2.05, 4.69) is 5.32 Å². The maximum absolute atomic E-state index is 12.2. The van der Waals surface area contributed by atoms with Gasteiger partial charge in [-0.1, -0.05) is 54.6 Å². The monoisotopic (exact) mass is 383 g/mol. The third-order valence-electron chi connectivity index (χ3n) is 4.52. The third-order valence-corrected chi connectivity index (χ3v) is 4.52. The fourth-order valence-electron chi connectivity index (χ4n) is 2.87. The molecule has 0 aliphatic heterocycles. The van der Waals surface area contributed by atoms with E-state index in [4.69, 9.17) is 16.2 Å². The molecule has 0 aliphatic rings. The lowest BCUT2D eigenvalue weighted by atomic mass is 9.98. The van der Waals surface area contributed by atoms with Gasteiger partial charge in [-0.05, 0) is 49.8 Å². The number of aryl methyl sites for hydroxylation is 1. The highest BCUT2D eigenvalue weighted by Gasteiger charge is 2.21. The molecule has 150 valence electrons. The molecule has 0 aliphatic carbocycles. The molecular formula is C22H29N3O3. The van der Waals surface area contributed by atoms with E-state index in [0.29, 0.717) is 19.4 Å². The topological polar surface area (TPSA) is 107 Å². The predicted octanol–water partition coefficient (Wildman–Crippen LogP) is 2.68. The molecule has 6 heteroatoms. The Morgan fingerprint density at radius 2 is 1.61 bits per heavy atom. The molecular weight excluding hydrogens is 354 g/mol. The van der Waals surface area contributed by atoms with Gasteiger partial charge in [-0.25, -0.2) is 4.79 Å². The molecule has 0 fully saturated rings. The average molecular weight is 383 g/mol. The van der Waals surface area contributed by atoms with Crippen LogP contribution in [0.4, 0.5) is 4.79 Å². The van der Waals surface area contributed by atoms with Crippen molar-refractivity contribution in [3.05, 3.63) is 71.3 Å². The molecule has 0 heterocycles. The highest BCUT2D eigenvalue weighted by molar-refractivity contribution is 5.81. The van der Waals surface area contributed by atoms with Gasteiger partial charge in [0.2, 0.25) is 5.91 Å². The molecule has 1 unspecified atom stereocenters. The summed E-state index contributed by atoms with van der Waals surface area (Å²) in [5.74, 6) is -0.168. The lowest BCUT2D eigenvalue weighted by Crippen LogP contribution is -2.41. The second-order valence-corrected chi connectivity index (χ2v) is 7.51. The van der Waals surface area contributed by atoms with E-state index < -0.39 is 17.7 Å². The van der Waals surface area contributed by atoms with Crippen LogP contribution in [-0.4, -0.2) is 23.6 Å². The minimum Gasteiger partial charge on any atom is -0.444 e. The molecule has 0 spiro atoms. The molecule has 5 N–H and O–H groups in total. The fourth-order valence-corrected chi connectivity index (χ4v) is 2.87. The van der Waals surface area contributed by atoms with Crippen molar-refractivity contribution in [3.8, 4) is 0 Å². The predicted molar refractivity (Wildman–Crippen MR) is 109 cm³/mol. The fraction of sp³-hybridized carbons (Fsp3) is 0.364. The highest BCUT2D eigenvalue weighted by Crippen LogP contribution is 2.18. The summed E-state index contributed by atoms with van der Waals surface area (Å²) in [4.78, 5) is 23.1. The van der Waals surface area contributed by atoms with E-state index in [-0.39, 0.29) is 5.91 Å². The van der Waals surface area contributed by atoms with Crippen molar-refractivity contribution in [2.24, 2.45) is 11.5 Å². The molecule has 1 atom stereocenters. The number of benzene rings is 2. The number of hydrogen-bond donors (Lipinski definition) is 3. The lowest BCUT2D eigenvalue weighted by Gasteiger charge is -2.23. The first kappa shape index (κ1) is 21.4. The summed E-state index contributed by atoms with van der Waals surface area (Å²) < 4.78 is 5.09. The van der Waals surface area contributed by atoms with Crippen molar-refractivity contribution in [1.29, 1.82) is 0 Å². The Morgan fingerprint density at radius 3 is 2.21 bits per heavy atom. The van der Waals surface area contributed by atoms with E-state index in [1.807, 2.05) is 68.4 Å². The summed E-state index contributed by atoms with van der Waals surface area (Å²) in [6.07, 6.45) is 1.17. The highest BCUT2D eigenvalue weighted by atomic mass is 16.6. The van der Waals surface area contributed by atoms with Crippen molar-refractivity contribution >= 4 is 12.0 Å². The van der Waals surface area contributed by atoms with Gasteiger partial charge >= 0.3 is 6.09 Å². The minimum atomic E-state index is -0.762. The third kappa shape index (κ3) is 7.40. The van der Waals surface area contributed by atoms with Crippen LogP contribution in [0.1, 0.15) is 37.0 Å². The van der Waals surface area contributed by atoms with Gasteiger partial charge in [0.1, 0.15) is 5.60 Å². The Morgan fingerprint density at radius 1 is 1.00 bits per heavy atom. The zero-order chi connectivity index (χ0) is 20.6.